The molecule has 0 saturated carbocycles. The SMILES string of the molecule is CN(C)c1cccc(OCC(=O)NN=Cc2ccc(OCC(=O)O)c(Cl)c2)c1. The first kappa shape index (κ1) is 21.0. The second-order valence-electron chi connectivity index (χ2n) is 5.85. The van der Waals surface area contributed by atoms with Crippen LogP contribution in [0.5, 0.6) is 11.5 Å². The highest BCUT2D eigenvalue weighted by molar-refractivity contribution is 6.32. The zero-order chi connectivity index (χ0) is 20.5. The van der Waals surface area contributed by atoms with Crippen LogP contribution in [0.4, 0.5) is 5.69 Å². The molecule has 2 aromatic rings. The zero-order valence-electron chi connectivity index (χ0n) is 15.4. The van der Waals surface area contributed by atoms with E-state index < -0.39 is 18.5 Å². The minimum absolute atomic E-state index is 0.184. The number of carbonyl (C=O) groups is 2. The number of hydrazone groups is 1. The van der Waals surface area contributed by atoms with E-state index in [9.17, 15) is 9.59 Å². The van der Waals surface area contributed by atoms with Gasteiger partial charge in [0.25, 0.3) is 5.91 Å². The summed E-state index contributed by atoms with van der Waals surface area (Å²) in [6, 6.07) is 12.1. The first-order valence-electron chi connectivity index (χ1n) is 8.21. The second kappa shape index (κ2) is 10.2. The van der Waals surface area contributed by atoms with Crippen LogP contribution in [0.15, 0.2) is 47.6 Å². The number of carboxylic acid groups (broad SMARTS) is 1. The molecule has 148 valence electrons. The average Bonchev–Trinajstić information content (AvgIpc) is 2.66. The predicted octanol–water partition coefficient (Wildman–Crippen LogP) is 2.40. The highest BCUT2D eigenvalue weighted by atomic mass is 35.5. The first-order chi connectivity index (χ1) is 13.3. The molecule has 0 aliphatic heterocycles. The number of benzene rings is 2. The number of hydrogen-bond acceptors (Lipinski definition) is 6. The molecule has 0 atom stereocenters. The van der Waals surface area contributed by atoms with Crippen LogP contribution in [0, 0.1) is 0 Å². The molecule has 0 aliphatic rings. The maximum Gasteiger partial charge on any atom is 0.341 e. The number of nitrogens with one attached hydrogen (secondary N) is 1. The fourth-order valence-corrected chi connectivity index (χ4v) is 2.31. The number of halogens is 1. The number of ether oxygens (including phenoxy) is 2. The molecule has 28 heavy (non-hydrogen) atoms. The van der Waals surface area contributed by atoms with E-state index in [-0.39, 0.29) is 17.4 Å². The van der Waals surface area contributed by atoms with Crippen LogP contribution in [0.2, 0.25) is 5.02 Å². The summed E-state index contributed by atoms with van der Waals surface area (Å²) in [4.78, 5) is 24.3. The Morgan fingerprint density at radius 1 is 1.18 bits per heavy atom. The Morgan fingerprint density at radius 3 is 2.64 bits per heavy atom. The van der Waals surface area contributed by atoms with Crippen LogP contribution in [-0.2, 0) is 9.59 Å². The minimum Gasteiger partial charge on any atom is -0.484 e. The van der Waals surface area contributed by atoms with Crippen molar-refractivity contribution in [1.29, 1.82) is 0 Å². The minimum atomic E-state index is -1.10. The van der Waals surface area contributed by atoms with E-state index in [4.69, 9.17) is 26.2 Å². The van der Waals surface area contributed by atoms with Gasteiger partial charge < -0.3 is 19.5 Å². The maximum absolute atomic E-state index is 11.8. The summed E-state index contributed by atoms with van der Waals surface area (Å²) in [7, 11) is 3.83. The lowest BCUT2D eigenvalue weighted by Gasteiger charge is -2.13. The zero-order valence-corrected chi connectivity index (χ0v) is 16.1. The van der Waals surface area contributed by atoms with E-state index in [1.165, 1.54) is 18.3 Å². The third kappa shape index (κ3) is 6.81. The summed E-state index contributed by atoms with van der Waals surface area (Å²) >= 11 is 6.02. The Hall–Kier alpha value is -3.26. The van der Waals surface area contributed by atoms with E-state index in [0.29, 0.717) is 11.3 Å². The van der Waals surface area contributed by atoms with Gasteiger partial charge >= 0.3 is 5.97 Å². The number of aliphatic carboxylic acids is 1. The van der Waals surface area contributed by atoms with Gasteiger partial charge in [-0.25, -0.2) is 10.2 Å². The summed E-state index contributed by atoms with van der Waals surface area (Å²) in [5.41, 5.74) is 3.92. The van der Waals surface area contributed by atoms with Gasteiger partial charge in [0.05, 0.1) is 11.2 Å². The first-order valence-corrected chi connectivity index (χ1v) is 8.59. The Kier molecular flexibility index (Phi) is 7.65. The van der Waals surface area contributed by atoms with Gasteiger partial charge in [-0.2, -0.15) is 5.10 Å². The molecule has 0 bridgehead atoms. The molecule has 9 heteroatoms. The Morgan fingerprint density at radius 2 is 1.96 bits per heavy atom. The summed E-state index contributed by atoms with van der Waals surface area (Å²) in [5.74, 6) is -0.688. The number of nitrogens with zero attached hydrogens (tertiary/aromatic N) is 2. The molecule has 2 rings (SSSR count). The second-order valence-corrected chi connectivity index (χ2v) is 6.25. The molecule has 0 radical (unpaired) electrons. The van der Waals surface area contributed by atoms with Crippen LogP contribution in [-0.4, -0.2) is 50.5 Å². The third-order valence-electron chi connectivity index (χ3n) is 3.41. The topological polar surface area (TPSA) is 100 Å². The molecule has 0 saturated heterocycles. The molecule has 0 aromatic heterocycles. The van der Waals surface area contributed by atoms with E-state index in [0.717, 1.165) is 5.69 Å². The Labute approximate surface area is 167 Å². The quantitative estimate of drug-likeness (QED) is 0.491. The lowest BCUT2D eigenvalue weighted by atomic mass is 10.2. The van der Waals surface area contributed by atoms with Crippen molar-refractivity contribution >= 4 is 35.4 Å². The average molecular weight is 406 g/mol. The molecular formula is C19H20ClN3O5. The highest BCUT2D eigenvalue weighted by Crippen LogP contribution is 2.24. The fourth-order valence-electron chi connectivity index (χ4n) is 2.07. The molecule has 2 N–H and O–H groups in total. The van der Waals surface area contributed by atoms with Crippen molar-refractivity contribution in [3.8, 4) is 11.5 Å². The summed E-state index contributed by atoms with van der Waals surface area (Å²) in [6.45, 7) is -0.669. The number of anilines is 1. The van der Waals surface area contributed by atoms with Crippen LogP contribution in [0.3, 0.4) is 0 Å². The highest BCUT2D eigenvalue weighted by Gasteiger charge is 2.06. The number of carbonyl (C=O) groups excluding carboxylic acids is 1. The number of hydrogen-bond donors (Lipinski definition) is 2. The smallest absolute Gasteiger partial charge is 0.341 e. The van der Waals surface area contributed by atoms with Gasteiger partial charge in [-0.05, 0) is 35.9 Å². The third-order valence-corrected chi connectivity index (χ3v) is 3.71. The largest absolute Gasteiger partial charge is 0.484 e. The Bertz CT molecular complexity index is 870. The van der Waals surface area contributed by atoms with Gasteiger partial charge in [-0.3, -0.25) is 4.79 Å². The summed E-state index contributed by atoms with van der Waals surface area (Å²) in [6.07, 6.45) is 1.40. The van der Waals surface area contributed by atoms with E-state index in [1.807, 2.05) is 37.2 Å². The van der Waals surface area contributed by atoms with Crippen LogP contribution >= 0.6 is 11.6 Å². The molecule has 0 unspecified atom stereocenters. The van der Waals surface area contributed by atoms with Crippen molar-refractivity contribution in [3.05, 3.63) is 53.1 Å². The molecule has 0 aliphatic carbocycles. The van der Waals surface area contributed by atoms with Crippen molar-refractivity contribution < 1.29 is 24.2 Å². The number of amides is 1. The molecule has 2 aromatic carbocycles. The van der Waals surface area contributed by atoms with Gasteiger partial charge in [-0.1, -0.05) is 17.7 Å². The van der Waals surface area contributed by atoms with E-state index in [2.05, 4.69) is 10.5 Å². The van der Waals surface area contributed by atoms with Gasteiger partial charge in [0.1, 0.15) is 11.5 Å². The monoisotopic (exact) mass is 405 g/mol. The number of carboxylic acids is 1. The molecule has 1 amide bonds. The van der Waals surface area contributed by atoms with Gasteiger partial charge in [-0.15, -0.1) is 0 Å². The van der Waals surface area contributed by atoms with Crippen LogP contribution in [0.25, 0.3) is 0 Å². The van der Waals surface area contributed by atoms with E-state index in [1.54, 1.807) is 12.1 Å². The van der Waals surface area contributed by atoms with Gasteiger partial charge in [0.15, 0.2) is 13.2 Å². The van der Waals surface area contributed by atoms with Crippen LogP contribution in [0.1, 0.15) is 5.56 Å². The fraction of sp³-hybridized carbons (Fsp3) is 0.211. The Balaban J connectivity index is 1.83. The molecule has 0 fully saturated rings. The lowest BCUT2D eigenvalue weighted by molar-refractivity contribution is -0.139. The van der Waals surface area contributed by atoms with E-state index >= 15 is 0 Å². The predicted molar refractivity (Wildman–Crippen MR) is 107 cm³/mol. The van der Waals surface area contributed by atoms with Crippen LogP contribution < -0.4 is 19.8 Å². The van der Waals surface area contributed by atoms with Crippen molar-refractivity contribution in [2.75, 3.05) is 32.2 Å². The summed E-state index contributed by atoms with van der Waals surface area (Å²) in [5, 5.41) is 12.7. The normalized spacial score (nSPS) is 10.5. The molecule has 0 heterocycles. The molecule has 0 spiro atoms. The maximum atomic E-state index is 11.8. The molecular weight excluding hydrogens is 386 g/mol. The van der Waals surface area contributed by atoms with Gasteiger partial charge in [0, 0.05) is 25.8 Å². The van der Waals surface area contributed by atoms with Gasteiger partial charge in [0.2, 0.25) is 0 Å². The van der Waals surface area contributed by atoms with Crippen molar-refractivity contribution in [2.45, 2.75) is 0 Å². The standard InChI is InChI=1S/C19H20ClN3O5/c1-23(2)14-4-3-5-15(9-14)27-11-18(24)22-21-10-13-6-7-17(16(20)8-13)28-12-19(25)26/h3-10H,11-12H2,1-2H3,(H,22,24)(H,25,26). The van der Waals surface area contributed by atoms with Crippen molar-refractivity contribution in [2.24, 2.45) is 5.10 Å². The van der Waals surface area contributed by atoms with Crippen molar-refractivity contribution in [1.82, 2.24) is 5.43 Å². The summed E-state index contributed by atoms with van der Waals surface area (Å²) < 4.78 is 10.5. The molecule has 8 nitrogen and oxygen atoms in total. The number of rotatable bonds is 9. The lowest BCUT2D eigenvalue weighted by Crippen LogP contribution is -2.24. The van der Waals surface area contributed by atoms with Crippen molar-refractivity contribution in [3.63, 3.8) is 0 Å².